The maximum absolute atomic E-state index is 9.74. The van der Waals surface area contributed by atoms with Gasteiger partial charge in [-0.2, -0.15) is 0 Å². The molecule has 101 valence electrons. The molecule has 19 heavy (non-hydrogen) atoms. The maximum Gasteiger partial charge on any atom is 0.274 e. The lowest BCUT2D eigenvalue weighted by Crippen LogP contribution is -2.18. The van der Waals surface area contributed by atoms with Crippen LogP contribution in [0.15, 0.2) is 30.3 Å². The van der Waals surface area contributed by atoms with Gasteiger partial charge < -0.3 is 9.53 Å². The molecule has 0 fully saturated rings. The molecule has 2 aromatic carbocycles. The van der Waals surface area contributed by atoms with E-state index in [1.807, 2.05) is 6.07 Å². The van der Waals surface area contributed by atoms with Crippen LogP contribution in [0.2, 0.25) is 13.1 Å². The molecule has 0 unspecified atom stereocenters. The van der Waals surface area contributed by atoms with Crippen LogP contribution in [0.1, 0.15) is 26.3 Å². The second-order valence-corrected chi connectivity index (χ2v) is 8.13. The Bertz CT molecular complexity index is 597. The Hall–Kier alpha value is -1.48. The van der Waals surface area contributed by atoms with Crippen LogP contribution in [-0.4, -0.2) is 14.1 Å². The summed E-state index contributed by atoms with van der Waals surface area (Å²) in [6, 6.07) is 9.68. The summed E-state index contributed by atoms with van der Waals surface area (Å²) in [5.41, 5.74) is 1.21. The molecule has 0 amide bonds. The highest BCUT2D eigenvalue weighted by molar-refractivity contribution is 6.49. The van der Waals surface area contributed by atoms with Crippen LogP contribution in [-0.2, 0) is 5.41 Å². The van der Waals surface area contributed by atoms with Crippen LogP contribution in [0.5, 0.6) is 11.5 Å². The molecule has 2 aromatic rings. The maximum atomic E-state index is 9.74. The van der Waals surface area contributed by atoms with Crippen molar-refractivity contribution in [2.45, 2.75) is 39.3 Å². The third kappa shape index (κ3) is 2.92. The molecule has 0 saturated carbocycles. The Morgan fingerprint density at radius 3 is 2.26 bits per heavy atom. The van der Waals surface area contributed by atoms with Crippen molar-refractivity contribution < 1.29 is 9.53 Å². The molecular formula is C16H21O2Si. The van der Waals surface area contributed by atoms with Crippen molar-refractivity contribution in [2.75, 3.05) is 0 Å². The summed E-state index contributed by atoms with van der Waals surface area (Å²) in [5, 5.41) is 11.8. The van der Waals surface area contributed by atoms with Crippen molar-refractivity contribution in [1.29, 1.82) is 0 Å². The Balaban J connectivity index is 2.75. The van der Waals surface area contributed by atoms with Crippen molar-refractivity contribution in [3.63, 3.8) is 0 Å². The summed E-state index contributed by atoms with van der Waals surface area (Å²) in [5.74, 6) is 1.21. The van der Waals surface area contributed by atoms with Gasteiger partial charge in [0.05, 0.1) is 0 Å². The molecule has 3 heteroatoms. The first-order chi connectivity index (χ1) is 8.79. The van der Waals surface area contributed by atoms with E-state index in [2.05, 4.69) is 46.0 Å². The molecule has 0 saturated heterocycles. The summed E-state index contributed by atoms with van der Waals surface area (Å²) in [6.45, 7) is 10.8. The molecule has 0 aromatic heterocycles. The lowest BCUT2D eigenvalue weighted by Gasteiger charge is -2.25. The van der Waals surface area contributed by atoms with Gasteiger partial charge in [-0.3, -0.25) is 0 Å². The molecule has 0 heterocycles. The molecule has 0 atom stereocenters. The summed E-state index contributed by atoms with van der Waals surface area (Å²) in [4.78, 5) is 0. The van der Waals surface area contributed by atoms with E-state index in [0.29, 0.717) is 0 Å². The number of phenols is 1. The number of fused-ring (bicyclic) bond motifs is 1. The molecule has 0 spiro atoms. The molecular weight excluding hydrogens is 252 g/mol. The van der Waals surface area contributed by atoms with Gasteiger partial charge in [0.1, 0.15) is 11.5 Å². The lowest BCUT2D eigenvalue weighted by molar-refractivity contribution is 0.475. The van der Waals surface area contributed by atoms with E-state index in [1.54, 1.807) is 12.1 Å². The number of hydrogen-bond donors (Lipinski definition) is 1. The van der Waals surface area contributed by atoms with E-state index >= 15 is 0 Å². The van der Waals surface area contributed by atoms with Gasteiger partial charge in [-0.15, -0.1) is 0 Å². The average molecular weight is 273 g/mol. The number of hydrogen-bond acceptors (Lipinski definition) is 2. The fourth-order valence-electron chi connectivity index (χ4n) is 2.18. The summed E-state index contributed by atoms with van der Waals surface area (Å²) < 4.78 is 6.13. The Morgan fingerprint density at radius 1 is 1.05 bits per heavy atom. The van der Waals surface area contributed by atoms with Crippen LogP contribution >= 0.6 is 0 Å². The number of aromatic hydroxyl groups is 1. The van der Waals surface area contributed by atoms with Crippen molar-refractivity contribution in [3.05, 3.63) is 35.9 Å². The fraction of sp³-hybridized carbons (Fsp3) is 0.375. The van der Waals surface area contributed by atoms with Crippen LogP contribution in [0.3, 0.4) is 0 Å². The number of rotatable bonds is 2. The predicted molar refractivity (Wildman–Crippen MR) is 82.4 cm³/mol. The normalized spacial score (nSPS) is 12.1. The van der Waals surface area contributed by atoms with E-state index in [0.717, 1.165) is 16.5 Å². The van der Waals surface area contributed by atoms with Crippen molar-refractivity contribution in [3.8, 4) is 11.5 Å². The third-order valence-corrected chi connectivity index (χ3v) is 3.68. The summed E-state index contributed by atoms with van der Waals surface area (Å²) in [6.07, 6.45) is 0. The van der Waals surface area contributed by atoms with Gasteiger partial charge in [0, 0.05) is 5.39 Å². The monoisotopic (exact) mass is 273 g/mol. The van der Waals surface area contributed by atoms with Gasteiger partial charge in [0.25, 0.3) is 9.04 Å². The van der Waals surface area contributed by atoms with E-state index < -0.39 is 9.04 Å². The van der Waals surface area contributed by atoms with Gasteiger partial charge in [-0.05, 0) is 41.6 Å². The fourth-order valence-corrected chi connectivity index (χ4v) is 2.81. The van der Waals surface area contributed by atoms with Gasteiger partial charge in [0.15, 0.2) is 0 Å². The highest BCUT2D eigenvalue weighted by Crippen LogP contribution is 2.38. The van der Waals surface area contributed by atoms with Gasteiger partial charge >= 0.3 is 0 Å². The minimum Gasteiger partial charge on any atom is -0.542 e. The van der Waals surface area contributed by atoms with Crippen LogP contribution < -0.4 is 4.43 Å². The number of benzene rings is 2. The molecule has 0 bridgehead atoms. The van der Waals surface area contributed by atoms with Crippen LogP contribution in [0, 0.1) is 0 Å². The van der Waals surface area contributed by atoms with E-state index in [1.165, 1.54) is 5.56 Å². The summed E-state index contributed by atoms with van der Waals surface area (Å²) in [7, 11) is -0.853. The second-order valence-electron chi connectivity index (χ2n) is 6.11. The standard InChI is InChI=1S/C16H21O2Si/c1-16(2,3)14-9-7-11-6-8-12(17)10-13(11)15(14)18-19(4)5/h6-10,17H,1-5H3. The first kappa shape index (κ1) is 13.9. The lowest BCUT2D eigenvalue weighted by atomic mass is 9.85. The predicted octanol–water partition coefficient (Wildman–Crippen LogP) is 4.47. The van der Waals surface area contributed by atoms with E-state index in [9.17, 15) is 5.11 Å². The van der Waals surface area contributed by atoms with Crippen molar-refractivity contribution >= 4 is 19.8 Å². The SMILES string of the molecule is C[Si](C)Oc1c(C(C)(C)C)ccc2ccc(O)cc12. The third-order valence-electron chi connectivity index (χ3n) is 3.07. The smallest absolute Gasteiger partial charge is 0.274 e. The molecule has 2 nitrogen and oxygen atoms in total. The molecule has 1 radical (unpaired) electrons. The zero-order chi connectivity index (χ0) is 14.2. The minimum absolute atomic E-state index is 0.0201. The molecule has 0 aliphatic carbocycles. The van der Waals surface area contributed by atoms with E-state index in [-0.39, 0.29) is 11.2 Å². The zero-order valence-corrected chi connectivity index (χ0v) is 13.2. The highest BCUT2D eigenvalue weighted by atomic mass is 28.3. The molecule has 0 aliphatic rings. The molecule has 1 N–H and O–H groups in total. The van der Waals surface area contributed by atoms with Crippen LogP contribution in [0.4, 0.5) is 0 Å². The first-order valence-corrected chi connectivity index (χ1v) is 8.94. The van der Waals surface area contributed by atoms with Crippen molar-refractivity contribution in [1.82, 2.24) is 0 Å². The van der Waals surface area contributed by atoms with E-state index in [4.69, 9.17) is 4.43 Å². The van der Waals surface area contributed by atoms with Gasteiger partial charge in [0.2, 0.25) is 0 Å². The number of phenolic OH excluding ortho intramolecular Hbond substituents is 1. The Morgan fingerprint density at radius 2 is 1.68 bits per heavy atom. The largest absolute Gasteiger partial charge is 0.542 e. The second kappa shape index (κ2) is 4.89. The van der Waals surface area contributed by atoms with Crippen molar-refractivity contribution in [2.24, 2.45) is 0 Å². The molecule has 0 aliphatic heterocycles. The van der Waals surface area contributed by atoms with Gasteiger partial charge in [-0.25, -0.2) is 0 Å². The highest BCUT2D eigenvalue weighted by Gasteiger charge is 2.21. The quantitative estimate of drug-likeness (QED) is 0.818. The molecule has 2 rings (SSSR count). The topological polar surface area (TPSA) is 29.5 Å². The Labute approximate surface area is 116 Å². The average Bonchev–Trinajstić information content (AvgIpc) is 2.27. The Kier molecular flexibility index (Phi) is 3.59. The zero-order valence-electron chi connectivity index (χ0n) is 12.2. The van der Waals surface area contributed by atoms with Gasteiger partial charge in [-0.1, -0.05) is 39.0 Å². The first-order valence-electron chi connectivity index (χ1n) is 6.53. The summed E-state index contributed by atoms with van der Waals surface area (Å²) >= 11 is 0. The van der Waals surface area contributed by atoms with Crippen LogP contribution in [0.25, 0.3) is 10.8 Å². The minimum atomic E-state index is -0.853.